The number of rotatable bonds is 6. The molecule has 28 heavy (non-hydrogen) atoms. The molecule has 0 unspecified atom stereocenters. The summed E-state index contributed by atoms with van der Waals surface area (Å²) in [5, 5.41) is 12.5. The first kappa shape index (κ1) is 19.2. The van der Waals surface area contributed by atoms with E-state index >= 15 is 0 Å². The predicted octanol–water partition coefficient (Wildman–Crippen LogP) is 4.29. The van der Waals surface area contributed by atoms with Gasteiger partial charge in [-0.3, -0.25) is 14.9 Å². The highest BCUT2D eigenvalue weighted by molar-refractivity contribution is 7.12. The third-order valence-corrected chi connectivity index (χ3v) is 4.90. The molecule has 8 heteroatoms. The number of anilines is 1. The van der Waals surface area contributed by atoms with Gasteiger partial charge >= 0.3 is 5.97 Å². The Morgan fingerprint density at radius 1 is 1.07 bits per heavy atom. The second-order valence-electron chi connectivity index (χ2n) is 5.86. The van der Waals surface area contributed by atoms with E-state index < -0.39 is 10.9 Å². The first-order valence-corrected chi connectivity index (χ1v) is 9.16. The van der Waals surface area contributed by atoms with E-state index in [2.05, 4.69) is 0 Å². The zero-order chi connectivity index (χ0) is 20.1. The first-order chi connectivity index (χ1) is 13.5. The van der Waals surface area contributed by atoms with Gasteiger partial charge in [0, 0.05) is 19.2 Å². The number of benzene rings is 2. The van der Waals surface area contributed by atoms with Crippen molar-refractivity contribution in [2.45, 2.75) is 6.61 Å². The maximum absolute atomic E-state index is 12.6. The molecule has 1 aromatic heterocycles. The number of para-hydroxylation sites is 1. The minimum atomic E-state index is -0.584. The van der Waals surface area contributed by atoms with E-state index in [1.165, 1.54) is 40.5 Å². The van der Waals surface area contributed by atoms with Crippen molar-refractivity contribution in [2.24, 2.45) is 0 Å². The number of carbonyl (C=O) groups excluding carboxylic acids is 2. The molecule has 7 nitrogen and oxygen atoms in total. The van der Waals surface area contributed by atoms with Gasteiger partial charge in [0.2, 0.25) is 0 Å². The Bertz CT molecular complexity index is 1000. The van der Waals surface area contributed by atoms with Crippen LogP contribution in [0.4, 0.5) is 11.4 Å². The van der Waals surface area contributed by atoms with E-state index in [1.54, 1.807) is 43.4 Å². The molecule has 2 aromatic carbocycles. The Labute approximate surface area is 164 Å². The lowest BCUT2D eigenvalue weighted by Gasteiger charge is -2.19. The van der Waals surface area contributed by atoms with Crippen LogP contribution in [-0.2, 0) is 11.3 Å². The molecule has 3 aromatic rings. The minimum absolute atomic E-state index is 0.0332. The SMILES string of the molecule is CN(C(=O)c1cccs1)c1ccccc1C(=O)OCc1ccc([N+](=O)[O-])cc1. The average Bonchev–Trinajstić information content (AvgIpc) is 3.26. The molecule has 0 N–H and O–H groups in total. The Kier molecular flexibility index (Phi) is 5.81. The van der Waals surface area contributed by atoms with E-state index in [1.807, 2.05) is 5.38 Å². The van der Waals surface area contributed by atoms with Gasteiger partial charge in [-0.1, -0.05) is 18.2 Å². The number of thiophene rings is 1. The van der Waals surface area contributed by atoms with Gasteiger partial charge in [-0.05, 0) is 41.3 Å². The van der Waals surface area contributed by atoms with Gasteiger partial charge in [-0.25, -0.2) is 4.79 Å². The monoisotopic (exact) mass is 396 g/mol. The van der Waals surface area contributed by atoms with Crippen LogP contribution < -0.4 is 4.90 Å². The second kappa shape index (κ2) is 8.45. The summed E-state index contributed by atoms with van der Waals surface area (Å²) >= 11 is 1.32. The van der Waals surface area contributed by atoms with Crippen LogP contribution in [-0.4, -0.2) is 23.8 Å². The van der Waals surface area contributed by atoms with Gasteiger partial charge in [0.25, 0.3) is 11.6 Å². The molecule has 0 spiro atoms. The van der Waals surface area contributed by atoms with E-state index in [-0.39, 0.29) is 23.8 Å². The molecule has 1 heterocycles. The number of nitro benzene ring substituents is 1. The molecule has 0 aliphatic carbocycles. The standard InChI is InChI=1S/C20H16N2O5S/c1-21(19(23)18-7-4-12-28-18)17-6-3-2-5-16(17)20(24)27-13-14-8-10-15(11-9-14)22(25)26/h2-12H,13H2,1H3. The molecule has 0 saturated heterocycles. The zero-order valence-corrected chi connectivity index (χ0v) is 15.7. The molecular formula is C20H16N2O5S. The summed E-state index contributed by atoms with van der Waals surface area (Å²) in [5.74, 6) is -0.801. The van der Waals surface area contributed by atoms with Crippen molar-refractivity contribution in [3.63, 3.8) is 0 Å². The van der Waals surface area contributed by atoms with Crippen molar-refractivity contribution < 1.29 is 19.2 Å². The van der Waals surface area contributed by atoms with Crippen LogP contribution in [0.15, 0.2) is 66.0 Å². The number of hydrogen-bond donors (Lipinski definition) is 0. The van der Waals surface area contributed by atoms with Crippen LogP contribution in [0.5, 0.6) is 0 Å². The molecule has 0 atom stereocenters. The van der Waals surface area contributed by atoms with Crippen molar-refractivity contribution in [3.05, 3.63) is 92.2 Å². The largest absolute Gasteiger partial charge is 0.457 e. The van der Waals surface area contributed by atoms with Crippen molar-refractivity contribution in [1.29, 1.82) is 0 Å². The van der Waals surface area contributed by atoms with Crippen LogP contribution in [0.3, 0.4) is 0 Å². The zero-order valence-electron chi connectivity index (χ0n) is 14.9. The molecule has 0 aliphatic rings. The number of carbonyl (C=O) groups is 2. The second-order valence-corrected chi connectivity index (χ2v) is 6.81. The minimum Gasteiger partial charge on any atom is -0.457 e. The molecule has 142 valence electrons. The highest BCUT2D eigenvalue weighted by Crippen LogP contribution is 2.24. The van der Waals surface area contributed by atoms with Crippen molar-refractivity contribution in [2.75, 3.05) is 11.9 Å². The lowest BCUT2D eigenvalue weighted by Crippen LogP contribution is -2.27. The van der Waals surface area contributed by atoms with E-state index in [0.29, 0.717) is 16.1 Å². The number of non-ortho nitro benzene ring substituents is 1. The molecule has 0 bridgehead atoms. The van der Waals surface area contributed by atoms with Crippen LogP contribution in [0.2, 0.25) is 0 Å². The van der Waals surface area contributed by atoms with Crippen LogP contribution in [0.1, 0.15) is 25.6 Å². The van der Waals surface area contributed by atoms with E-state index in [9.17, 15) is 19.7 Å². The normalized spacial score (nSPS) is 10.3. The van der Waals surface area contributed by atoms with Gasteiger partial charge in [-0.15, -0.1) is 11.3 Å². The highest BCUT2D eigenvalue weighted by Gasteiger charge is 2.21. The van der Waals surface area contributed by atoms with Crippen molar-refractivity contribution >= 4 is 34.6 Å². The lowest BCUT2D eigenvalue weighted by atomic mass is 10.1. The Morgan fingerprint density at radius 3 is 2.43 bits per heavy atom. The van der Waals surface area contributed by atoms with Gasteiger partial charge in [0.1, 0.15) is 6.61 Å². The Morgan fingerprint density at radius 2 is 1.79 bits per heavy atom. The first-order valence-electron chi connectivity index (χ1n) is 8.28. The number of esters is 1. The van der Waals surface area contributed by atoms with Crippen LogP contribution in [0, 0.1) is 10.1 Å². The summed E-state index contributed by atoms with van der Waals surface area (Å²) in [4.78, 5) is 37.3. The Balaban J connectivity index is 1.73. The fraction of sp³-hybridized carbons (Fsp3) is 0.100. The lowest BCUT2D eigenvalue weighted by molar-refractivity contribution is -0.384. The third kappa shape index (κ3) is 4.24. The number of hydrogen-bond acceptors (Lipinski definition) is 6. The van der Waals surface area contributed by atoms with E-state index in [4.69, 9.17) is 4.74 Å². The molecule has 3 rings (SSSR count). The Hall–Kier alpha value is -3.52. The molecule has 0 aliphatic heterocycles. The number of nitro groups is 1. The number of ether oxygens (including phenoxy) is 1. The van der Waals surface area contributed by atoms with Crippen LogP contribution >= 0.6 is 11.3 Å². The summed E-state index contributed by atoms with van der Waals surface area (Å²) in [6.45, 7) is -0.0340. The maximum Gasteiger partial charge on any atom is 0.340 e. The highest BCUT2D eigenvalue weighted by atomic mass is 32.1. The molecule has 0 saturated carbocycles. The topological polar surface area (TPSA) is 89.8 Å². The van der Waals surface area contributed by atoms with Gasteiger partial charge in [0.05, 0.1) is 21.1 Å². The summed E-state index contributed by atoms with van der Waals surface area (Å²) in [6.07, 6.45) is 0. The van der Waals surface area contributed by atoms with Crippen molar-refractivity contribution in [3.8, 4) is 0 Å². The molecule has 1 amide bonds. The smallest absolute Gasteiger partial charge is 0.340 e. The molecule has 0 fully saturated rings. The summed E-state index contributed by atoms with van der Waals surface area (Å²) in [7, 11) is 1.60. The fourth-order valence-corrected chi connectivity index (χ4v) is 3.25. The summed E-state index contributed by atoms with van der Waals surface area (Å²) in [5.41, 5.74) is 1.29. The van der Waals surface area contributed by atoms with Crippen molar-refractivity contribution in [1.82, 2.24) is 0 Å². The molecular weight excluding hydrogens is 380 g/mol. The quantitative estimate of drug-likeness (QED) is 0.352. The predicted molar refractivity (Wildman–Crippen MR) is 106 cm³/mol. The summed E-state index contributed by atoms with van der Waals surface area (Å²) in [6, 6.07) is 16.0. The molecule has 0 radical (unpaired) electrons. The number of nitrogens with zero attached hydrogens (tertiary/aromatic N) is 2. The average molecular weight is 396 g/mol. The number of amides is 1. The van der Waals surface area contributed by atoms with Gasteiger partial charge in [0.15, 0.2) is 0 Å². The fourth-order valence-electron chi connectivity index (χ4n) is 2.55. The van der Waals surface area contributed by atoms with Crippen LogP contribution in [0.25, 0.3) is 0 Å². The van der Waals surface area contributed by atoms with E-state index in [0.717, 1.165) is 0 Å². The summed E-state index contributed by atoms with van der Waals surface area (Å²) < 4.78 is 5.33. The van der Waals surface area contributed by atoms with Gasteiger partial charge < -0.3 is 9.64 Å². The third-order valence-electron chi connectivity index (χ3n) is 4.04. The van der Waals surface area contributed by atoms with Gasteiger partial charge in [-0.2, -0.15) is 0 Å². The maximum atomic E-state index is 12.6.